The molecule has 0 bridgehead atoms. The topological polar surface area (TPSA) is 127 Å². The lowest BCUT2D eigenvalue weighted by atomic mass is 9.76. The van der Waals surface area contributed by atoms with Crippen molar-refractivity contribution in [3.05, 3.63) is 70.7 Å². The van der Waals surface area contributed by atoms with Crippen LogP contribution in [0.2, 0.25) is 0 Å². The number of nitrogens with one attached hydrogen (secondary N) is 3. The van der Waals surface area contributed by atoms with Gasteiger partial charge in [-0.15, -0.1) is 0 Å². The molecule has 12 heteroatoms. The molecule has 1 fully saturated rings. The van der Waals surface area contributed by atoms with Crippen LogP contribution < -0.4 is 21.5 Å². The van der Waals surface area contributed by atoms with Crippen molar-refractivity contribution >= 4 is 28.9 Å². The second kappa shape index (κ2) is 9.04. The van der Waals surface area contributed by atoms with E-state index in [-0.39, 0.29) is 29.0 Å². The molecule has 1 saturated carbocycles. The molecule has 1 aliphatic rings. The van der Waals surface area contributed by atoms with Crippen molar-refractivity contribution in [1.29, 1.82) is 0 Å². The molecule has 11 nitrogen and oxygen atoms in total. The predicted octanol–water partition coefficient (Wildman–Crippen LogP) is 2.50. The van der Waals surface area contributed by atoms with E-state index in [0.717, 1.165) is 17.4 Å². The SMILES string of the molecule is CNc1cc(Nc2cccn(-c3ncccc3F)c2=O)nc2c(C(=O)NC3CC[C@@]3(C)OC)cnn12. The first kappa shape index (κ1) is 23.4. The zero-order valence-electron chi connectivity index (χ0n) is 19.9. The average Bonchev–Trinajstić information content (AvgIpc) is 3.31. The van der Waals surface area contributed by atoms with Crippen LogP contribution in [0.4, 0.5) is 21.7 Å². The van der Waals surface area contributed by atoms with E-state index < -0.39 is 17.0 Å². The van der Waals surface area contributed by atoms with E-state index in [1.807, 2.05) is 6.92 Å². The van der Waals surface area contributed by atoms with Gasteiger partial charge in [0.15, 0.2) is 17.3 Å². The van der Waals surface area contributed by atoms with Crippen molar-refractivity contribution < 1.29 is 13.9 Å². The maximum Gasteiger partial charge on any atom is 0.280 e. The smallest absolute Gasteiger partial charge is 0.280 e. The Kier molecular flexibility index (Phi) is 5.88. The maximum atomic E-state index is 14.2. The fourth-order valence-electron chi connectivity index (χ4n) is 4.21. The third-order valence-electron chi connectivity index (χ3n) is 6.59. The van der Waals surface area contributed by atoms with Crippen LogP contribution in [-0.4, -0.2) is 55.9 Å². The summed E-state index contributed by atoms with van der Waals surface area (Å²) in [5.41, 5.74) is -0.195. The van der Waals surface area contributed by atoms with Crippen LogP contribution in [0.1, 0.15) is 30.1 Å². The van der Waals surface area contributed by atoms with Crippen molar-refractivity contribution in [2.75, 3.05) is 24.8 Å². The monoisotopic (exact) mass is 492 g/mol. The molecule has 0 aliphatic heterocycles. The zero-order valence-corrected chi connectivity index (χ0v) is 19.9. The number of nitrogens with zero attached hydrogens (tertiary/aromatic N) is 5. The Hall–Kier alpha value is -4.32. The summed E-state index contributed by atoms with van der Waals surface area (Å²) in [4.78, 5) is 34.7. The molecule has 1 aliphatic carbocycles. The minimum atomic E-state index is -0.625. The van der Waals surface area contributed by atoms with Gasteiger partial charge >= 0.3 is 0 Å². The van der Waals surface area contributed by atoms with E-state index in [0.29, 0.717) is 17.3 Å². The predicted molar refractivity (Wildman–Crippen MR) is 132 cm³/mol. The van der Waals surface area contributed by atoms with Gasteiger partial charge in [-0.1, -0.05) is 0 Å². The van der Waals surface area contributed by atoms with Gasteiger partial charge in [0.25, 0.3) is 11.5 Å². The highest BCUT2D eigenvalue weighted by Gasteiger charge is 2.44. The normalized spacial score (nSPS) is 19.1. The third kappa shape index (κ3) is 3.94. The van der Waals surface area contributed by atoms with Crippen LogP contribution >= 0.6 is 0 Å². The molecule has 1 amide bonds. The molecule has 0 aromatic carbocycles. The summed E-state index contributed by atoms with van der Waals surface area (Å²) in [7, 11) is 3.34. The number of hydrogen-bond donors (Lipinski definition) is 3. The molecule has 36 heavy (non-hydrogen) atoms. The Morgan fingerprint density at radius 2 is 2.14 bits per heavy atom. The van der Waals surface area contributed by atoms with Crippen molar-refractivity contribution in [2.45, 2.75) is 31.4 Å². The minimum absolute atomic E-state index is 0.112. The number of aromatic nitrogens is 5. The molecule has 3 N–H and O–H groups in total. The molecule has 4 aromatic heterocycles. The van der Waals surface area contributed by atoms with Crippen LogP contribution in [0.15, 0.2) is 53.7 Å². The van der Waals surface area contributed by atoms with Gasteiger partial charge in [0, 0.05) is 32.6 Å². The number of anilines is 3. The summed E-state index contributed by atoms with van der Waals surface area (Å²) in [6.45, 7) is 1.96. The summed E-state index contributed by atoms with van der Waals surface area (Å²) in [6.07, 6.45) is 5.96. The average molecular weight is 493 g/mol. The number of halogens is 1. The first-order valence-electron chi connectivity index (χ1n) is 11.4. The van der Waals surface area contributed by atoms with E-state index in [4.69, 9.17) is 4.74 Å². The number of methoxy groups -OCH3 is 1. The van der Waals surface area contributed by atoms with Gasteiger partial charge in [-0.3, -0.25) is 14.2 Å². The summed E-state index contributed by atoms with van der Waals surface area (Å²) in [5.74, 6) is -0.224. The highest BCUT2D eigenvalue weighted by Crippen LogP contribution is 2.35. The van der Waals surface area contributed by atoms with Gasteiger partial charge < -0.3 is 20.7 Å². The second-order valence-corrected chi connectivity index (χ2v) is 8.68. The molecule has 4 heterocycles. The lowest BCUT2D eigenvalue weighted by Gasteiger charge is -2.45. The van der Waals surface area contributed by atoms with Crippen LogP contribution in [0.25, 0.3) is 11.5 Å². The summed E-state index contributed by atoms with van der Waals surface area (Å²) >= 11 is 0. The molecule has 2 atom stereocenters. The third-order valence-corrected chi connectivity index (χ3v) is 6.59. The van der Waals surface area contributed by atoms with Gasteiger partial charge in [-0.2, -0.15) is 9.61 Å². The molecule has 186 valence electrons. The summed E-state index contributed by atoms with van der Waals surface area (Å²) < 4.78 is 22.4. The summed E-state index contributed by atoms with van der Waals surface area (Å²) in [6, 6.07) is 7.35. The number of fused-ring (bicyclic) bond motifs is 1. The molecule has 1 unspecified atom stereocenters. The Balaban J connectivity index is 1.49. The van der Waals surface area contributed by atoms with Crippen molar-refractivity contribution in [1.82, 2.24) is 29.5 Å². The standard InChI is InChI=1S/C24H25FN8O3/c1-24(36-3)9-8-17(24)30-22(34)14-13-28-33-19(26-2)12-18(31-20(14)33)29-16-7-5-11-32(23(16)35)21-15(25)6-4-10-27-21/h4-7,10-13,17,26H,8-9H2,1-3H3,(H,29,31)(H,30,34)/t17?,24-/m1/s1. The second-order valence-electron chi connectivity index (χ2n) is 8.68. The molecule has 0 saturated heterocycles. The Morgan fingerprint density at radius 1 is 1.31 bits per heavy atom. The van der Waals surface area contributed by atoms with Crippen molar-refractivity contribution in [2.24, 2.45) is 0 Å². The number of carbonyl (C=O) groups excluding carboxylic acids is 1. The van der Waals surface area contributed by atoms with E-state index in [1.165, 1.54) is 35.2 Å². The molecule has 0 radical (unpaired) electrons. The summed E-state index contributed by atoms with van der Waals surface area (Å²) in [5, 5.41) is 13.3. The molecule has 0 spiro atoms. The van der Waals surface area contributed by atoms with E-state index in [9.17, 15) is 14.0 Å². The number of pyridine rings is 2. The largest absolute Gasteiger partial charge is 0.376 e. The van der Waals surface area contributed by atoms with E-state index in [2.05, 4.69) is 31.0 Å². The fourth-order valence-corrected chi connectivity index (χ4v) is 4.21. The Morgan fingerprint density at radius 3 is 2.83 bits per heavy atom. The molecular formula is C24H25FN8O3. The fraction of sp³-hybridized carbons (Fsp3) is 0.292. The quantitative estimate of drug-likeness (QED) is 0.359. The maximum absolute atomic E-state index is 14.2. The molecular weight excluding hydrogens is 467 g/mol. The van der Waals surface area contributed by atoms with Crippen LogP contribution in [0, 0.1) is 5.82 Å². The number of hydrogen-bond acceptors (Lipinski definition) is 8. The van der Waals surface area contributed by atoms with Gasteiger partial charge in [0.05, 0.1) is 17.8 Å². The minimum Gasteiger partial charge on any atom is -0.376 e. The highest BCUT2D eigenvalue weighted by atomic mass is 19.1. The number of carbonyl (C=O) groups is 1. The molecule has 5 rings (SSSR count). The first-order chi connectivity index (χ1) is 17.3. The van der Waals surface area contributed by atoms with Gasteiger partial charge in [0.1, 0.15) is 22.9 Å². The van der Waals surface area contributed by atoms with E-state index >= 15 is 0 Å². The number of amides is 1. The van der Waals surface area contributed by atoms with E-state index in [1.54, 1.807) is 32.4 Å². The van der Waals surface area contributed by atoms with Crippen molar-refractivity contribution in [3.8, 4) is 5.82 Å². The van der Waals surface area contributed by atoms with Crippen LogP contribution in [-0.2, 0) is 4.74 Å². The van der Waals surface area contributed by atoms with Crippen LogP contribution in [0.5, 0.6) is 0 Å². The number of ether oxygens (including phenoxy) is 1. The Bertz CT molecular complexity index is 1510. The first-order valence-corrected chi connectivity index (χ1v) is 11.4. The Labute approximate surface area is 205 Å². The molecule has 4 aromatic rings. The van der Waals surface area contributed by atoms with Gasteiger partial charge in [-0.05, 0) is 44.0 Å². The van der Waals surface area contributed by atoms with Crippen molar-refractivity contribution in [3.63, 3.8) is 0 Å². The van der Waals surface area contributed by atoms with Gasteiger partial charge in [0.2, 0.25) is 0 Å². The number of rotatable bonds is 7. The van der Waals surface area contributed by atoms with Gasteiger partial charge in [-0.25, -0.2) is 14.4 Å². The lowest BCUT2D eigenvalue weighted by molar-refractivity contribution is -0.0828. The highest BCUT2D eigenvalue weighted by molar-refractivity contribution is 6.00. The lowest BCUT2D eigenvalue weighted by Crippen LogP contribution is -2.59. The zero-order chi connectivity index (χ0) is 25.4. The van der Waals surface area contributed by atoms with Crippen LogP contribution in [0.3, 0.4) is 0 Å².